The summed E-state index contributed by atoms with van der Waals surface area (Å²) >= 11 is 0. The van der Waals surface area contributed by atoms with Gasteiger partial charge < -0.3 is 0 Å². The number of para-hydroxylation sites is 2. The van der Waals surface area contributed by atoms with Crippen molar-refractivity contribution in [1.82, 2.24) is 8.54 Å². The van der Waals surface area contributed by atoms with E-state index in [2.05, 4.69) is 0 Å². The molecule has 5 aromatic rings. The number of aromatic nitrogens is 2. The summed E-state index contributed by atoms with van der Waals surface area (Å²) in [5.74, 6) is -0.598. The normalized spacial score (nSPS) is 11.6. The fraction of sp³-hybridized carbons (Fsp3) is 0.0370. The van der Waals surface area contributed by atoms with Gasteiger partial charge in [0.25, 0.3) is 15.9 Å². The number of carbonyl (C=O) groups is 1. The third-order valence-electron chi connectivity index (χ3n) is 5.71. The number of hydrogen-bond acceptors (Lipinski definition) is 4. The Morgan fingerprint density at radius 3 is 1.88 bits per heavy atom. The second kappa shape index (κ2) is 8.28. The van der Waals surface area contributed by atoms with E-state index in [-0.39, 0.29) is 21.5 Å². The zero-order valence-corrected chi connectivity index (χ0v) is 19.1. The van der Waals surface area contributed by atoms with Crippen LogP contribution in [-0.4, -0.2) is 22.9 Å². The van der Waals surface area contributed by atoms with Gasteiger partial charge >= 0.3 is 5.69 Å². The van der Waals surface area contributed by atoms with Gasteiger partial charge in [-0.25, -0.2) is 17.8 Å². The SMILES string of the molecule is Cc1ccc(S(=O)(=O)n2c(=O)n(C(=O)c3ccc(-c4ccccc4)cc3)c3ccccc32)cc1. The van der Waals surface area contributed by atoms with Crippen LogP contribution < -0.4 is 5.69 Å². The molecule has 0 atom stereocenters. The molecule has 0 N–H and O–H groups in total. The van der Waals surface area contributed by atoms with E-state index in [1.54, 1.807) is 54.6 Å². The fourth-order valence-corrected chi connectivity index (χ4v) is 5.32. The summed E-state index contributed by atoms with van der Waals surface area (Å²) in [5.41, 5.74) is 2.52. The van der Waals surface area contributed by atoms with E-state index in [1.165, 1.54) is 18.2 Å². The Kier molecular flexibility index (Phi) is 5.26. The zero-order valence-electron chi connectivity index (χ0n) is 18.3. The van der Waals surface area contributed by atoms with Gasteiger partial charge in [-0.1, -0.05) is 72.3 Å². The molecule has 0 radical (unpaired) electrons. The maximum Gasteiger partial charge on any atom is 0.350 e. The van der Waals surface area contributed by atoms with Crippen LogP contribution in [0.1, 0.15) is 15.9 Å². The third kappa shape index (κ3) is 3.56. The molecular formula is C27H20N2O4S. The standard InChI is InChI=1S/C27H20N2O4S/c1-19-11-17-23(18-12-19)34(32,33)29-25-10-6-5-9-24(25)28(27(29)31)26(30)22-15-13-21(14-16-22)20-7-3-2-4-8-20/h2-18H,1H3. The van der Waals surface area contributed by atoms with Crippen LogP contribution in [-0.2, 0) is 10.0 Å². The van der Waals surface area contributed by atoms with Crippen molar-refractivity contribution in [3.05, 3.63) is 125 Å². The van der Waals surface area contributed by atoms with Crippen LogP contribution in [0.3, 0.4) is 0 Å². The first-order valence-electron chi connectivity index (χ1n) is 10.6. The van der Waals surface area contributed by atoms with Crippen LogP contribution >= 0.6 is 0 Å². The molecule has 0 amide bonds. The molecule has 0 fully saturated rings. The number of nitrogens with zero attached hydrogens (tertiary/aromatic N) is 2. The van der Waals surface area contributed by atoms with Gasteiger partial charge in [-0.2, -0.15) is 3.97 Å². The Bertz CT molecular complexity index is 1680. The van der Waals surface area contributed by atoms with Crippen LogP contribution in [0.2, 0.25) is 0 Å². The molecule has 0 aliphatic heterocycles. The predicted octanol–water partition coefficient (Wildman–Crippen LogP) is 4.70. The molecule has 6 nitrogen and oxygen atoms in total. The predicted molar refractivity (Wildman–Crippen MR) is 132 cm³/mol. The van der Waals surface area contributed by atoms with Gasteiger partial charge in [0.2, 0.25) is 0 Å². The monoisotopic (exact) mass is 468 g/mol. The summed E-state index contributed by atoms with van der Waals surface area (Å²) in [6.45, 7) is 1.84. The number of aryl methyl sites for hydroxylation is 1. The number of rotatable bonds is 4. The summed E-state index contributed by atoms with van der Waals surface area (Å²) in [7, 11) is -4.22. The molecule has 34 heavy (non-hydrogen) atoms. The molecule has 0 unspecified atom stereocenters. The van der Waals surface area contributed by atoms with Gasteiger partial charge in [0.15, 0.2) is 0 Å². The number of imidazole rings is 1. The Hall–Kier alpha value is -4.23. The van der Waals surface area contributed by atoms with Gasteiger partial charge in [-0.15, -0.1) is 0 Å². The molecule has 1 heterocycles. The smallest absolute Gasteiger partial charge is 0.268 e. The number of carbonyl (C=O) groups excluding carboxylic acids is 1. The van der Waals surface area contributed by atoms with Crippen LogP contribution in [0, 0.1) is 6.92 Å². The van der Waals surface area contributed by atoms with E-state index >= 15 is 0 Å². The number of fused-ring (bicyclic) bond motifs is 1. The molecule has 0 saturated heterocycles. The number of benzene rings is 4. The molecule has 168 valence electrons. The lowest BCUT2D eigenvalue weighted by Crippen LogP contribution is -2.33. The second-order valence-corrected chi connectivity index (χ2v) is 9.72. The maximum absolute atomic E-state index is 13.4. The molecule has 0 spiro atoms. The number of hydrogen-bond donors (Lipinski definition) is 0. The van der Waals surface area contributed by atoms with Crippen molar-refractivity contribution in [1.29, 1.82) is 0 Å². The Balaban J connectivity index is 1.64. The van der Waals surface area contributed by atoms with Crippen LogP contribution in [0.5, 0.6) is 0 Å². The van der Waals surface area contributed by atoms with E-state index in [0.717, 1.165) is 21.3 Å². The van der Waals surface area contributed by atoms with E-state index in [1.807, 2.05) is 37.3 Å². The lowest BCUT2D eigenvalue weighted by molar-refractivity contribution is 0.0961. The van der Waals surface area contributed by atoms with Crippen LogP contribution in [0.4, 0.5) is 0 Å². The first kappa shape index (κ1) is 21.6. The van der Waals surface area contributed by atoms with Crippen molar-refractivity contribution in [2.45, 2.75) is 11.8 Å². The highest BCUT2D eigenvalue weighted by atomic mass is 32.2. The highest BCUT2D eigenvalue weighted by molar-refractivity contribution is 7.90. The summed E-state index contributed by atoms with van der Waals surface area (Å²) < 4.78 is 28.4. The topological polar surface area (TPSA) is 78.1 Å². The minimum Gasteiger partial charge on any atom is -0.268 e. The molecule has 0 aliphatic rings. The van der Waals surface area contributed by atoms with Gasteiger partial charge in [-0.3, -0.25) is 4.79 Å². The van der Waals surface area contributed by atoms with Crippen molar-refractivity contribution in [2.75, 3.05) is 0 Å². The van der Waals surface area contributed by atoms with E-state index < -0.39 is 21.6 Å². The van der Waals surface area contributed by atoms with Crippen molar-refractivity contribution < 1.29 is 13.2 Å². The Morgan fingerprint density at radius 1 is 0.676 bits per heavy atom. The van der Waals surface area contributed by atoms with Crippen molar-refractivity contribution in [3.63, 3.8) is 0 Å². The van der Waals surface area contributed by atoms with E-state index in [0.29, 0.717) is 3.97 Å². The average molecular weight is 469 g/mol. The Morgan fingerprint density at radius 2 is 1.24 bits per heavy atom. The molecule has 0 aliphatic carbocycles. The Labute approximate surface area is 196 Å². The van der Waals surface area contributed by atoms with Gasteiger partial charge in [0.1, 0.15) is 0 Å². The van der Waals surface area contributed by atoms with Crippen LogP contribution in [0.25, 0.3) is 22.2 Å². The molecule has 1 aromatic heterocycles. The van der Waals surface area contributed by atoms with Gasteiger partial charge in [0.05, 0.1) is 15.9 Å². The summed E-state index contributed by atoms with van der Waals surface area (Å²) in [6.07, 6.45) is 0. The van der Waals surface area contributed by atoms with E-state index in [9.17, 15) is 18.0 Å². The molecule has 7 heteroatoms. The lowest BCUT2D eigenvalue weighted by Gasteiger charge is -2.06. The molecule has 4 aromatic carbocycles. The van der Waals surface area contributed by atoms with Crippen molar-refractivity contribution in [2.24, 2.45) is 0 Å². The first-order chi connectivity index (χ1) is 16.4. The fourth-order valence-electron chi connectivity index (χ4n) is 3.93. The lowest BCUT2D eigenvalue weighted by atomic mass is 10.0. The van der Waals surface area contributed by atoms with Gasteiger partial charge in [-0.05, 0) is 54.4 Å². The molecule has 0 saturated carbocycles. The second-order valence-electron chi connectivity index (χ2n) is 7.94. The largest absolute Gasteiger partial charge is 0.350 e. The maximum atomic E-state index is 13.4. The van der Waals surface area contributed by atoms with E-state index in [4.69, 9.17) is 0 Å². The zero-order chi connectivity index (χ0) is 23.9. The minimum absolute atomic E-state index is 0.0252. The first-order valence-corrected chi connectivity index (χ1v) is 12.1. The molecule has 0 bridgehead atoms. The van der Waals surface area contributed by atoms with Crippen LogP contribution in [0.15, 0.2) is 113 Å². The molecule has 5 rings (SSSR count). The van der Waals surface area contributed by atoms with Crippen molar-refractivity contribution >= 4 is 27.0 Å². The summed E-state index contributed by atoms with van der Waals surface area (Å²) in [6, 6.07) is 29.2. The highest BCUT2D eigenvalue weighted by Crippen LogP contribution is 2.23. The summed E-state index contributed by atoms with van der Waals surface area (Å²) in [5, 5.41) is 0. The van der Waals surface area contributed by atoms with Crippen molar-refractivity contribution in [3.8, 4) is 11.1 Å². The molecular weight excluding hydrogens is 448 g/mol. The minimum atomic E-state index is -4.22. The summed E-state index contributed by atoms with van der Waals surface area (Å²) in [4.78, 5) is 26.8. The highest BCUT2D eigenvalue weighted by Gasteiger charge is 2.27. The third-order valence-corrected chi connectivity index (χ3v) is 7.41. The average Bonchev–Trinajstić information content (AvgIpc) is 3.17. The quantitative estimate of drug-likeness (QED) is 0.383. The van der Waals surface area contributed by atoms with Gasteiger partial charge in [0, 0.05) is 5.56 Å².